The van der Waals surface area contributed by atoms with E-state index in [1.54, 1.807) is 30.5 Å². The molecule has 1 aromatic heterocycles. The van der Waals surface area contributed by atoms with Crippen molar-refractivity contribution in [2.45, 2.75) is 4.90 Å². The number of anilines is 1. The molecular weight excluding hydrogens is 362 g/mol. The summed E-state index contributed by atoms with van der Waals surface area (Å²) in [6, 6.07) is 12.3. The summed E-state index contributed by atoms with van der Waals surface area (Å²) in [7, 11) is -2.32. The third-order valence-corrected chi connectivity index (χ3v) is 5.33. The average Bonchev–Trinajstić information content (AvgIpc) is 2.63. The fourth-order valence-corrected chi connectivity index (χ4v) is 3.64. The lowest BCUT2D eigenvalue weighted by Gasteiger charge is -2.11. The number of benzene rings is 2. The summed E-state index contributed by atoms with van der Waals surface area (Å²) in [6.45, 7) is 0. The highest BCUT2D eigenvalue weighted by Gasteiger charge is 2.17. The van der Waals surface area contributed by atoms with E-state index < -0.39 is 10.0 Å². The van der Waals surface area contributed by atoms with Crippen molar-refractivity contribution in [1.29, 1.82) is 0 Å². The van der Waals surface area contributed by atoms with Crippen molar-refractivity contribution < 1.29 is 13.2 Å². The predicted octanol–water partition coefficient (Wildman–Crippen LogP) is 3.05. The number of rotatable bonds is 4. The Morgan fingerprint density at radius 3 is 2.48 bits per heavy atom. The van der Waals surface area contributed by atoms with E-state index in [2.05, 4.69) is 15.0 Å². The maximum absolute atomic E-state index is 12.6. The Hall–Kier alpha value is -2.64. The number of carbonyl (C=O) groups is 1. The van der Waals surface area contributed by atoms with Crippen molar-refractivity contribution in [3.05, 3.63) is 65.3 Å². The first-order chi connectivity index (χ1) is 11.9. The van der Waals surface area contributed by atoms with Crippen LogP contribution in [0.3, 0.4) is 0 Å². The molecule has 6 nitrogen and oxygen atoms in total. The molecule has 0 fully saturated rings. The van der Waals surface area contributed by atoms with Crippen LogP contribution in [0.15, 0.2) is 59.6 Å². The van der Waals surface area contributed by atoms with E-state index in [4.69, 9.17) is 11.6 Å². The highest BCUT2D eigenvalue weighted by atomic mass is 35.5. The number of nitrogens with zero attached hydrogens (tertiary/aromatic N) is 1. The van der Waals surface area contributed by atoms with Crippen LogP contribution in [0.5, 0.6) is 0 Å². The van der Waals surface area contributed by atoms with Crippen LogP contribution in [-0.2, 0) is 10.0 Å². The van der Waals surface area contributed by atoms with Crippen LogP contribution in [0.1, 0.15) is 10.4 Å². The zero-order chi connectivity index (χ0) is 18.0. The second-order valence-electron chi connectivity index (χ2n) is 5.20. The van der Waals surface area contributed by atoms with Crippen LogP contribution in [0, 0.1) is 0 Å². The minimum absolute atomic E-state index is 0.0409. The van der Waals surface area contributed by atoms with Crippen LogP contribution in [0.2, 0.25) is 5.02 Å². The molecule has 0 aliphatic rings. The number of hydrogen-bond acceptors (Lipinski definition) is 4. The second kappa shape index (κ2) is 6.70. The molecule has 8 heteroatoms. The Bertz CT molecular complexity index is 1050. The van der Waals surface area contributed by atoms with Gasteiger partial charge in [0.05, 0.1) is 21.1 Å². The molecule has 0 saturated heterocycles. The fourth-order valence-electron chi connectivity index (χ4n) is 2.35. The summed E-state index contributed by atoms with van der Waals surface area (Å²) in [6.07, 6.45) is 1.56. The number of aromatic nitrogens is 1. The van der Waals surface area contributed by atoms with E-state index in [1.165, 1.54) is 31.3 Å². The topological polar surface area (TPSA) is 88.2 Å². The molecule has 2 N–H and O–H groups in total. The van der Waals surface area contributed by atoms with Gasteiger partial charge in [-0.05, 0) is 48.5 Å². The third kappa shape index (κ3) is 3.42. The van der Waals surface area contributed by atoms with Gasteiger partial charge in [0.2, 0.25) is 0 Å². The van der Waals surface area contributed by atoms with E-state index in [9.17, 15) is 13.2 Å². The van der Waals surface area contributed by atoms with E-state index in [-0.39, 0.29) is 10.8 Å². The SMILES string of the molecule is CNC(=O)c1ccc(S(=O)(=O)Nc2ccc(Cl)c3cccnc23)cc1. The van der Waals surface area contributed by atoms with Crippen LogP contribution >= 0.6 is 11.6 Å². The third-order valence-electron chi connectivity index (χ3n) is 3.61. The molecule has 128 valence electrons. The smallest absolute Gasteiger partial charge is 0.261 e. The van der Waals surface area contributed by atoms with Gasteiger partial charge < -0.3 is 5.32 Å². The van der Waals surface area contributed by atoms with E-state index in [1.807, 2.05) is 0 Å². The second-order valence-corrected chi connectivity index (χ2v) is 7.29. The molecule has 0 unspecified atom stereocenters. The van der Waals surface area contributed by atoms with Gasteiger partial charge in [-0.1, -0.05) is 11.6 Å². The molecule has 0 saturated carbocycles. The van der Waals surface area contributed by atoms with Gasteiger partial charge in [-0.25, -0.2) is 8.42 Å². The van der Waals surface area contributed by atoms with Crippen LogP contribution in [-0.4, -0.2) is 26.4 Å². The lowest BCUT2D eigenvalue weighted by atomic mass is 10.2. The summed E-state index contributed by atoms with van der Waals surface area (Å²) in [5, 5.41) is 3.62. The maximum atomic E-state index is 12.6. The van der Waals surface area contributed by atoms with Crippen molar-refractivity contribution in [3.63, 3.8) is 0 Å². The Labute approximate surface area is 149 Å². The van der Waals surface area contributed by atoms with Crippen molar-refractivity contribution in [3.8, 4) is 0 Å². The first kappa shape index (κ1) is 17.2. The van der Waals surface area contributed by atoms with Crippen LogP contribution in [0.25, 0.3) is 10.9 Å². The van der Waals surface area contributed by atoms with E-state index in [0.29, 0.717) is 27.2 Å². The van der Waals surface area contributed by atoms with Crippen molar-refractivity contribution in [2.24, 2.45) is 0 Å². The fraction of sp³-hybridized carbons (Fsp3) is 0.0588. The summed E-state index contributed by atoms with van der Waals surface area (Å²) in [4.78, 5) is 15.8. The van der Waals surface area contributed by atoms with Gasteiger partial charge in [0.25, 0.3) is 15.9 Å². The van der Waals surface area contributed by atoms with Gasteiger partial charge in [0, 0.05) is 24.2 Å². The van der Waals surface area contributed by atoms with Crippen molar-refractivity contribution in [1.82, 2.24) is 10.3 Å². The summed E-state index contributed by atoms with van der Waals surface area (Å²) >= 11 is 6.12. The molecule has 0 aliphatic heterocycles. The summed E-state index contributed by atoms with van der Waals surface area (Å²) < 4.78 is 27.7. The number of hydrogen-bond donors (Lipinski definition) is 2. The maximum Gasteiger partial charge on any atom is 0.261 e. The number of nitrogens with one attached hydrogen (secondary N) is 2. The standard InChI is InChI=1S/C17H14ClN3O3S/c1-19-17(22)11-4-6-12(7-5-11)25(23,24)21-15-9-8-14(18)13-3-2-10-20-16(13)15/h2-10,21H,1H3,(H,19,22). The average molecular weight is 376 g/mol. The number of sulfonamides is 1. The Balaban J connectivity index is 1.97. The molecule has 3 rings (SSSR count). The van der Waals surface area contributed by atoms with Gasteiger partial charge in [-0.15, -0.1) is 0 Å². The molecule has 0 radical (unpaired) electrons. The lowest BCUT2D eigenvalue weighted by Crippen LogP contribution is -2.18. The molecular formula is C17H14ClN3O3S. The van der Waals surface area contributed by atoms with Gasteiger partial charge in [-0.2, -0.15) is 0 Å². The Kier molecular flexibility index (Phi) is 4.61. The molecule has 0 atom stereocenters. The normalized spacial score (nSPS) is 11.3. The predicted molar refractivity (Wildman–Crippen MR) is 97.4 cm³/mol. The van der Waals surface area contributed by atoms with E-state index >= 15 is 0 Å². The molecule has 0 bridgehead atoms. The first-order valence-electron chi connectivity index (χ1n) is 7.30. The number of fused-ring (bicyclic) bond motifs is 1. The zero-order valence-electron chi connectivity index (χ0n) is 13.2. The summed E-state index contributed by atoms with van der Waals surface area (Å²) in [5.41, 5.74) is 1.16. The molecule has 0 aliphatic carbocycles. The molecule has 1 heterocycles. The van der Waals surface area contributed by atoms with Crippen LogP contribution < -0.4 is 10.0 Å². The van der Waals surface area contributed by atoms with Gasteiger partial charge in [0.15, 0.2) is 0 Å². The monoisotopic (exact) mass is 375 g/mol. The lowest BCUT2D eigenvalue weighted by molar-refractivity contribution is 0.0963. The van der Waals surface area contributed by atoms with Gasteiger partial charge >= 0.3 is 0 Å². The minimum atomic E-state index is -3.83. The van der Waals surface area contributed by atoms with Crippen LogP contribution in [0.4, 0.5) is 5.69 Å². The Morgan fingerprint density at radius 1 is 1.08 bits per heavy atom. The molecule has 1 amide bonds. The number of pyridine rings is 1. The van der Waals surface area contributed by atoms with E-state index in [0.717, 1.165) is 0 Å². The molecule has 3 aromatic rings. The number of amides is 1. The molecule has 2 aromatic carbocycles. The minimum Gasteiger partial charge on any atom is -0.355 e. The van der Waals surface area contributed by atoms with Crippen molar-refractivity contribution in [2.75, 3.05) is 11.8 Å². The molecule has 0 spiro atoms. The highest BCUT2D eigenvalue weighted by Crippen LogP contribution is 2.29. The van der Waals surface area contributed by atoms with Gasteiger partial charge in [0.1, 0.15) is 0 Å². The van der Waals surface area contributed by atoms with Crippen molar-refractivity contribution >= 4 is 44.1 Å². The molecule has 25 heavy (non-hydrogen) atoms. The number of carbonyl (C=O) groups excluding carboxylic acids is 1. The quantitative estimate of drug-likeness (QED) is 0.733. The Morgan fingerprint density at radius 2 is 1.80 bits per heavy atom. The van der Waals surface area contributed by atoms with Gasteiger partial charge in [-0.3, -0.25) is 14.5 Å². The number of halogens is 1. The first-order valence-corrected chi connectivity index (χ1v) is 9.17. The summed E-state index contributed by atoms with van der Waals surface area (Å²) in [5.74, 6) is -0.287. The largest absolute Gasteiger partial charge is 0.355 e. The zero-order valence-corrected chi connectivity index (χ0v) is 14.7. The highest BCUT2D eigenvalue weighted by molar-refractivity contribution is 7.92.